The molecule has 2 heterocycles. The molecule has 7 heteroatoms. The molecule has 0 fully saturated rings. The van der Waals surface area contributed by atoms with Gasteiger partial charge >= 0.3 is 0 Å². The topological polar surface area (TPSA) is 72.2 Å². The molecular weight excluding hydrogens is 345 g/mol. The van der Waals surface area contributed by atoms with Crippen LogP contribution >= 0.6 is 0 Å². The van der Waals surface area contributed by atoms with Gasteiger partial charge in [0.05, 0.1) is 0 Å². The van der Waals surface area contributed by atoms with Gasteiger partial charge in [-0.15, -0.1) is 5.10 Å². The van der Waals surface area contributed by atoms with Gasteiger partial charge in [0.15, 0.2) is 11.4 Å². The molecule has 2 aromatic heterocycles. The lowest BCUT2D eigenvalue weighted by Crippen LogP contribution is -2.04. The number of tetrazole rings is 1. The first-order chi connectivity index (χ1) is 13.1. The third kappa shape index (κ3) is 3.52. The van der Waals surface area contributed by atoms with E-state index in [1.807, 2.05) is 30.5 Å². The van der Waals surface area contributed by atoms with E-state index in [1.165, 1.54) is 19.1 Å². The maximum absolute atomic E-state index is 13.2. The summed E-state index contributed by atoms with van der Waals surface area (Å²) in [6.07, 6.45) is 1.81. The summed E-state index contributed by atoms with van der Waals surface area (Å²) in [5, 5.41) is 15.1. The third-order valence-corrected chi connectivity index (χ3v) is 4.30. The highest BCUT2D eigenvalue weighted by molar-refractivity contribution is 5.94. The van der Waals surface area contributed by atoms with Crippen LogP contribution < -0.4 is 5.32 Å². The van der Waals surface area contributed by atoms with Crippen LogP contribution in [-0.4, -0.2) is 25.8 Å². The second-order valence-corrected chi connectivity index (χ2v) is 6.20. The molecule has 0 atom stereocenters. The average Bonchev–Trinajstić information content (AvgIpc) is 3.15. The first-order valence-corrected chi connectivity index (χ1v) is 8.41. The van der Waals surface area contributed by atoms with E-state index in [0.717, 1.165) is 22.4 Å². The molecule has 134 valence electrons. The summed E-state index contributed by atoms with van der Waals surface area (Å²) in [7, 11) is 0. The van der Waals surface area contributed by atoms with E-state index in [-0.39, 0.29) is 11.6 Å². The number of nitrogens with one attached hydrogen (secondary N) is 1. The number of halogens is 1. The highest BCUT2D eigenvalue weighted by Gasteiger charge is 2.10. The molecule has 0 saturated heterocycles. The van der Waals surface area contributed by atoms with Crippen molar-refractivity contribution in [1.82, 2.24) is 20.0 Å². The van der Waals surface area contributed by atoms with Crippen LogP contribution in [0.25, 0.3) is 16.8 Å². The van der Waals surface area contributed by atoms with Crippen LogP contribution in [0.3, 0.4) is 0 Å². The lowest BCUT2D eigenvalue weighted by Gasteiger charge is -2.10. The molecule has 0 aliphatic heterocycles. The number of benzene rings is 2. The fraction of sp³-hybridized carbons (Fsp3) is 0.100. The van der Waals surface area contributed by atoms with Crippen molar-refractivity contribution in [2.24, 2.45) is 0 Å². The lowest BCUT2D eigenvalue weighted by atomic mass is 10.1. The molecule has 0 radical (unpaired) electrons. The van der Waals surface area contributed by atoms with Crippen LogP contribution in [0.2, 0.25) is 0 Å². The Morgan fingerprint density at radius 1 is 1.11 bits per heavy atom. The zero-order valence-corrected chi connectivity index (χ0v) is 14.6. The third-order valence-electron chi connectivity index (χ3n) is 4.30. The maximum atomic E-state index is 13.2. The van der Waals surface area contributed by atoms with Gasteiger partial charge in [-0.1, -0.05) is 24.3 Å². The summed E-state index contributed by atoms with van der Waals surface area (Å²) in [4.78, 5) is 11.6. The SMILES string of the molecule is CC(=O)c1cccc(NCc2cc(-c3ccc(F)cc3)cn3nnnc23)c1. The Morgan fingerprint density at radius 3 is 2.70 bits per heavy atom. The van der Waals surface area contributed by atoms with E-state index in [2.05, 4.69) is 20.8 Å². The Hall–Kier alpha value is -3.61. The fourth-order valence-electron chi connectivity index (χ4n) is 2.89. The Balaban J connectivity index is 1.66. The van der Waals surface area contributed by atoms with Gasteiger partial charge in [-0.2, -0.15) is 4.52 Å². The Morgan fingerprint density at radius 2 is 1.93 bits per heavy atom. The molecule has 4 aromatic rings. The zero-order valence-electron chi connectivity index (χ0n) is 14.6. The highest BCUT2D eigenvalue weighted by Crippen LogP contribution is 2.23. The minimum atomic E-state index is -0.283. The Labute approximate surface area is 154 Å². The van der Waals surface area contributed by atoms with E-state index in [9.17, 15) is 9.18 Å². The van der Waals surface area contributed by atoms with Crippen molar-refractivity contribution in [2.45, 2.75) is 13.5 Å². The van der Waals surface area contributed by atoms with E-state index in [1.54, 1.807) is 22.7 Å². The monoisotopic (exact) mass is 361 g/mol. The molecule has 2 aromatic carbocycles. The van der Waals surface area contributed by atoms with Gasteiger partial charge in [0.1, 0.15) is 5.82 Å². The van der Waals surface area contributed by atoms with Crippen molar-refractivity contribution in [1.29, 1.82) is 0 Å². The number of aromatic nitrogens is 4. The number of Topliss-reactive ketones (excluding diaryl/α,β-unsaturated/α-hetero) is 1. The van der Waals surface area contributed by atoms with Crippen molar-refractivity contribution < 1.29 is 9.18 Å². The number of rotatable bonds is 5. The fourth-order valence-corrected chi connectivity index (χ4v) is 2.89. The predicted octanol–water partition coefficient (Wildman–Crippen LogP) is 3.75. The summed E-state index contributed by atoms with van der Waals surface area (Å²) in [6, 6.07) is 15.6. The van der Waals surface area contributed by atoms with Crippen molar-refractivity contribution in [3.8, 4) is 11.1 Å². The summed E-state index contributed by atoms with van der Waals surface area (Å²) in [5.41, 5.74) is 4.75. The second kappa shape index (κ2) is 6.95. The molecule has 4 rings (SSSR count). The smallest absolute Gasteiger partial charge is 0.184 e. The van der Waals surface area contributed by atoms with Gasteiger partial charge in [0.2, 0.25) is 0 Å². The first-order valence-electron chi connectivity index (χ1n) is 8.41. The molecule has 0 bridgehead atoms. The molecule has 0 saturated carbocycles. The van der Waals surface area contributed by atoms with E-state index < -0.39 is 0 Å². The number of carbonyl (C=O) groups excluding carboxylic acids is 1. The average molecular weight is 361 g/mol. The van der Waals surface area contributed by atoms with E-state index in [4.69, 9.17) is 0 Å². The zero-order chi connectivity index (χ0) is 18.8. The summed E-state index contributed by atoms with van der Waals surface area (Å²) in [5.74, 6) is -0.268. The quantitative estimate of drug-likeness (QED) is 0.548. The van der Waals surface area contributed by atoms with Gasteiger partial charge in [-0.25, -0.2) is 4.39 Å². The number of anilines is 1. The minimum absolute atomic E-state index is 0.0148. The number of nitrogens with zero attached hydrogens (tertiary/aromatic N) is 4. The number of ketones is 1. The molecule has 0 unspecified atom stereocenters. The Bertz CT molecular complexity index is 1120. The van der Waals surface area contributed by atoms with Crippen LogP contribution in [0.15, 0.2) is 60.8 Å². The number of hydrogen-bond acceptors (Lipinski definition) is 5. The van der Waals surface area contributed by atoms with E-state index in [0.29, 0.717) is 17.8 Å². The van der Waals surface area contributed by atoms with Crippen molar-refractivity contribution in [3.63, 3.8) is 0 Å². The standard InChI is InChI=1S/C20H16FN5O/c1-13(27)15-3-2-4-19(10-15)22-11-16-9-17(12-26-20(16)23-24-25-26)14-5-7-18(21)8-6-14/h2-10,12,22H,11H2,1H3. The van der Waals surface area contributed by atoms with Crippen LogP contribution in [0.4, 0.5) is 10.1 Å². The number of hydrogen-bond donors (Lipinski definition) is 1. The number of fused-ring (bicyclic) bond motifs is 1. The van der Waals surface area contributed by atoms with Crippen molar-refractivity contribution in [3.05, 3.63) is 77.7 Å². The van der Waals surface area contributed by atoms with Gasteiger partial charge < -0.3 is 5.32 Å². The van der Waals surface area contributed by atoms with Crippen LogP contribution in [0.5, 0.6) is 0 Å². The highest BCUT2D eigenvalue weighted by atomic mass is 19.1. The lowest BCUT2D eigenvalue weighted by molar-refractivity contribution is 0.101. The van der Waals surface area contributed by atoms with Crippen molar-refractivity contribution >= 4 is 17.1 Å². The van der Waals surface area contributed by atoms with Crippen molar-refractivity contribution in [2.75, 3.05) is 5.32 Å². The second-order valence-electron chi connectivity index (χ2n) is 6.20. The molecule has 0 amide bonds. The Kier molecular flexibility index (Phi) is 4.33. The van der Waals surface area contributed by atoms with Gasteiger partial charge in [-0.3, -0.25) is 4.79 Å². The van der Waals surface area contributed by atoms with Crippen LogP contribution in [0.1, 0.15) is 22.8 Å². The molecular formula is C20H16FN5O. The molecule has 0 aliphatic carbocycles. The van der Waals surface area contributed by atoms with Gasteiger partial charge in [0.25, 0.3) is 0 Å². The van der Waals surface area contributed by atoms with Crippen LogP contribution in [-0.2, 0) is 6.54 Å². The summed E-state index contributed by atoms with van der Waals surface area (Å²) >= 11 is 0. The summed E-state index contributed by atoms with van der Waals surface area (Å²) in [6.45, 7) is 2.01. The largest absolute Gasteiger partial charge is 0.381 e. The molecule has 27 heavy (non-hydrogen) atoms. The number of carbonyl (C=O) groups is 1. The molecule has 6 nitrogen and oxygen atoms in total. The normalized spacial score (nSPS) is 10.9. The first kappa shape index (κ1) is 16.8. The number of pyridine rings is 1. The van der Waals surface area contributed by atoms with Gasteiger partial charge in [0, 0.05) is 35.1 Å². The molecule has 0 spiro atoms. The van der Waals surface area contributed by atoms with Crippen LogP contribution in [0, 0.1) is 5.82 Å². The summed E-state index contributed by atoms with van der Waals surface area (Å²) < 4.78 is 14.8. The minimum Gasteiger partial charge on any atom is -0.381 e. The van der Waals surface area contributed by atoms with E-state index >= 15 is 0 Å². The molecule has 1 N–H and O–H groups in total. The maximum Gasteiger partial charge on any atom is 0.184 e. The van der Waals surface area contributed by atoms with Gasteiger partial charge in [-0.05, 0) is 53.2 Å². The predicted molar refractivity (Wildman–Crippen MR) is 99.9 cm³/mol. The molecule has 0 aliphatic rings.